The molecular formula is C13H13F3N2O5. The fourth-order valence-corrected chi connectivity index (χ4v) is 1.52. The van der Waals surface area contributed by atoms with Crippen molar-refractivity contribution >= 4 is 17.8 Å². The van der Waals surface area contributed by atoms with Gasteiger partial charge in [0.15, 0.2) is 0 Å². The number of esters is 2. The van der Waals surface area contributed by atoms with E-state index < -0.39 is 42.2 Å². The molecule has 1 unspecified atom stereocenters. The number of methoxy groups -OCH3 is 2. The van der Waals surface area contributed by atoms with Crippen molar-refractivity contribution in [1.82, 2.24) is 10.3 Å². The van der Waals surface area contributed by atoms with E-state index in [0.717, 1.165) is 20.3 Å². The lowest BCUT2D eigenvalue weighted by Crippen LogP contribution is -2.43. The van der Waals surface area contributed by atoms with Gasteiger partial charge in [-0.3, -0.25) is 14.6 Å². The number of rotatable bonds is 5. The predicted octanol–water partition coefficient (Wildman–Crippen LogP) is 0.935. The zero-order valence-electron chi connectivity index (χ0n) is 12.1. The maximum atomic E-state index is 12.4. The summed E-state index contributed by atoms with van der Waals surface area (Å²) in [7, 11) is 2.15. The van der Waals surface area contributed by atoms with Crippen LogP contribution in [-0.2, 0) is 25.2 Å². The predicted molar refractivity (Wildman–Crippen MR) is 69.1 cm³/mol. The second-order valence-corrected chi connectivity index (χ2v) is 4.26. The maximum Gasteiger partial charge on any atom is 0.433 e. The van der Waals surface area contributed by atoms with Crippen LogP contribution in [-0.4, -0.2) is 43.1 Å². The highest BCUT2D eigenvalue weighted by Crippen LogP contribution is 2.27. The van der Waals surface area contributed by atoms with Crippen LogP contribution in [0, 0.1) is 0 Å². The van der Waals surface area contributed by atoms with Crippen molar-refractivity contribution in [3.63, 3.8) is 0 Å². The van der Waals surface area contributed by atoms with E-state index in [4.69, 9.17) is 0 Å². The standard InChI is InChI=1S/C13H13F3N2O5/c1-22-10(19)5-8(12(21)23-2)18-11(20)7-3-4-9(17-6-7)13(14,15)16/h3-4,6,8H,5H2,1-2H3,(H,18,20). The quantitative estimate of drug-likeness (QED) is 0.805. The molecule has 1 amide bonds. The second-order valence-electron chi connectivity index (χ2n) is 4.26. The number of alkyl halides is 3. The third-order valence-corrected chi connectivity index (χ3v) is 2.71. The molecule has 23 heavy (non-hydrogen) atoms. The number of ether oxygens (including phenoxy) is 2. The Morgan fingerprint density at radius 2 is 1.87 bits per heavy atom. The van der Waals surface area contributed by atoms with Gasteiger partial charge < -0.3 is 14.8 Å². The van der Waals surface area contributed by atoms with Crippen LogP contribution in [0.3, 0.4) is 0 Å². The molecule has 1 rings (SSSR count). The Bertz CT molecular complexity index is 586. The number of carbonyl (C=O) groups is 3. The first-order chi connectivity index (χ1) is 10.7. The van der Waals surface area contributed by atoms with Gasteiger partial charge in [-0.25, -0.2) is 4.79 Å². The van der Waals surface area contributed by atoms with Crippen LogP contribution < -0.4 is 5.32 Å². The van der Waals surface area contributed by atoms with Crippen molar-refractivity contribution < 1.29 is 37.0 Å². The Morgan fingerprint density at radius 1 is 1.22 bits per heavy atom. The number of hydrogen-bond donors (Lipinski definition) is 1. The normalized spacial score (nSPS) is 12.2. The molecule has 0 bridgehead atoms. The monoisotopic (exact) mass is 334 g/mol. The van der Waals surface area contributed by atoms with Gasteiger partial charge in [0.05, 0.1) is 26.2 Å². The molecule has 0 fully saturated rings. The summed E-state index contributed by atoms with van der Waals surface area (Å²) in [5, 5.41) is 2.17. The summed E-state index contributed by atoms with van der Waals surface area (Å²) in [5.74, 6) is -2.56. The van der Waals surface area contributed by atoms with Crippen LogP contribution in [0.4, 0.5) is 13.2 Å². The van der Waals surface area contributed by atoms with E-state index in [2.05, 4.69) is 19.8 Å². The van der Waals surface area contributed by atoms with Crippen molar-refractivity contribution in [2.75, 3.05) is 14.2 Å². The highest BCUT2D eigenvalue weighted by molar-refractivity contribution is 5.97. The van der Waals surface area contributed by atoms with E-state index in [-0.39, 0.29) is 5.56 Å². The molecule has 0 aliphatic carbocycles. The molecule has 1 N–H and O–H groups in total. The molecule has 1 atom stereocenters. The first-order valence-corrected chi connectivity index (χ1v) is 6.17. The van der Waals surface area contributed by atoms with E-state index in [1.54, 1.807) is 0 Å². The Balaban J connectivity index is 2.86. The largest absolute Gasteiger partial charge is 0.469 e. The first kappa shape index (κ1) is 18.4. The molecule has 10 heteroatoms. The summed E-state index contributed by atoms with van der Waals surface area (Å²) in [4.78, 5) is 37.7. The molecule has 1 aromatic heterocycles. The topological polar surface area (TPSA) is 94.6 Å². The van der Waals surface area contributed by atoms with Crippen LogP contribution in [0.25, 0.3) is 0 Å². The molecule has 0 spiro atoms. The molecule has 0 aliphatic rings. The molecule has 0 aliphatic heterocycles. The Morgan fingerprint density at radius 3 is 2.30 bits per heavy atom. The molecule has 126 valence electrons. The van der Waals surface area contributed by atoms with E-state index >= 15 is 0 Å². The fraction of sp³-hybridized carbons (Fsp3) is 0.385. The van der Waals surface area contributed by atoms with E-state index in [1.807, 2.05) is 0 Å². The van der Waals surface area contributed by atoms with Crippen molar-refractivity contribution in [3.05, 3.63) is 29.6 Å². The van der Waals surface area contributed by atoms with Crippen LogP contribution >= 0.6 is 0 Å². The maximum absolute atomic E-state index is 12.4. The molecule has 0 radical (unpaired) electrons. The minimum Gasteiger partial charge on any atom is -0.469 e. The third-order valence-electron chi connectivity index (χ3n) is 2.71. The van der Waals surface area contributed by atoms with Gasteiger partial charge in [0.25, 0.3) is 5.91 Å². The van der Waals surface area contributed by atoms with Gasteiger partial charge in [0.2, 0.25) is 0 Å². The van der Waals surface area contributed by atoms with E-state index in [9.17, 15) is 27.6 Å². The number of nitrogens with one attached hydrogen (secondary N) is 1. The average molecular weight is 334 g/mol. The summed E-state index contributed by atoms with van der Waals surface area (Å²) in [6, 6.07) is 0.197. The molecular weight excluding hydrogens is 321 g/mol. The lowest BCUT2D eigenvalue weighted by Gasteiger charge is -2.15. The van der Waals surface area contributed by atoms with Crippen LogP contribution in [0.5, 0.6) is 0 Å². The van der Waals surface area contributed by atoms with Crippen LogP contribution in [0.2, 0.25) is 0 Å². The molecule has 1 aromatic rings. The van der Waals surface area contributed by atoms with E-state index in [1.165, 1.54) is 0 Å². The lowest BCUT2D eigenvalue weighted by molar-refractivity contribution is -0.149. The van der Waals surface area contributed by atoms with E-state index in [0.29, 0.717) is 12.3 Å². The van der Waals surface area contributed by atoms with Crippen molar-refractivity contribution in [2.24, 2.45) is 0 Å². The van der Waals surface area contributed by atoms with Gasteiger partial charge in [-0.1, -0.05) is 0 Å². The van der Waals surface area contributed by atoms with Gasteiger partial charge >= 0.3 is 18.1 Å². The zero-order valence-corrected chi connectivity index (χ0v) is 12.1. The highest BCUT2D eigenvalue weighted by atomic mass is 19.4. The Kier molecular flexibility index (Phi) is 6.05. The third kappa shape index (κ3) is 5.24. The Labute approximate surface area is 128 Å². The van der Waals surface area contributed by atoms with Gasteiger partial charge in [0, 0.05) is 6.20 Å². The van der Waals surface area contributed by atoms with Crippen molar-refractivity contribution in [1.29, 1.82) is 0 Å². The fourth-order valence-electron chi connectivity index (χ4n) is 1.52. The number of pyridine rings is 1. The molecule has 0 saturated carbocycles. The summed E-state index contributed by atoms with van der Waals surface area (Å²) >= 11 is 0. The zero-order chi connectivity index (χ0) is 17.6. The van der Waals surface area contributed by atoms with Gasteiger partial charge in [-0.15, -0.1) is 0 Å². The number of nitrogens with zero attached hydrogens (tertiary/aromatic N) is 1. The molecule has 7 nitrogen and oxygen atoms in total. The highest BCUT2D eigenvalue weighted by Gasteiger charge is 2.32. The first-order valence-electron chi connectivity index (χ1n) is 6.17. The minimum atomic E-state index is -4.63. The summed E-state index contributed by atoms with van der Waals surface area (Å²) in [6.07, 6.45) is -4.40. The molecule has 1 heterocycles. The number of aromatic nitrogens is 1. The Hall–Kier alpha value is -2.65. The number of amides is 1. The van der Waals surface area contributed by atoms with Gasteiger partial charge in [0.1, 0.15) is 11.7 Å². The van der Waals surface area contributed by atoms with Gasteiger partial charge in [-0.05, 0) is 12.1 Å². The minimum absolute atomic E-state index is 0.211. The number of halogens is 3. The van der Waals surface area contributed by atoms with Crippen LogP contribution in [0.15, 0.2) is 18.3 Å². The molecule has 0 saturated heterocycles. The van der Waals surface area contributed by atoms with Crippen molar-refractivity contribution in [2.45, 2.75) is 18.6 Å². The smallest absolute Gasteiger partial charge is 0.433 e. The van der Waals surface area contributed by atoms with Gasteiger partial charge in [-0.2, -0.15) is 13.2 Å². The molecule has 0 aromatic carbocycles. The average Bonchev–Trinajstić information content (AvgIpc) is 2.52. The van der Waals surface area contributed by atoms with Crippen LogP contribution in [0.1, 0.15) is 22.5 Å². The second kappa shape index (κ2) is 7.56. The summed E-state index contributed by atoms with van der Waals surface area (Å²) in [5.41, 5.74) is -1.37. The van der Waals surface area contributed by atoms with Crippen molar-refractivity contribution in [3.8, 4) is 0 Å². The summed E-state index contributed by atoms with van der Waals surface area (Å²) in [6.45, 7) is 0. The number of carbonyl (C=O) groups excluding carboxylic acids is 3. The summed E-state index contributed by atoms with van der Waals surface area (Å²) < 4.78 is 46.0. The lowest BCUT2D eigenvalue weighted by atomic mass is 10.1. The SMILES string of the molecule is COC(=O)CC(NC(=O)c1ccc(C(F)(F)F)nc1)C(=O)OC. The number of hydrogen-bond acceptors (Lipinski definition) is 6.